The molecule has 0 saturated heterocycles. The second-order valence-electron chi connectivity index (χ2n) is 7.50. The molecular formula is C24H19NO4. The van der Waals surface area contributed by atoms with E-state index in [-0.39, 0.29) is 23.6 Å². The summed E-state index contributed by atoms with van der Waals surface area (Å²) in [7, 11) is 0. The molecule has 0 saturated carbocycles. The maximum Gasteiger partial charge on any atom is 0.291 e. The summed E-state index contributed by atoms with van der Waals surface area (Å²) < 4.78 is 11.4. The summed E-state index contributed by atoms with van der Waals surface area (Å²) in [6.07, 6.45) is 1.57. The summed E-state index contributed by atoms with van der Waals surface area (Å²) in [6, 6.07) is 16.4. The second kappa shape index (κ2) is 6.48. The smallest absolute Gasteiger partial charge is 0.291 e. The fraction of sp³-hybridized carbons (Fsp3) is 0.167. The van der Waals surface area contributed by atoms with Crippen LogP contribution >= 0.6 is 0 Å². The minimum absolute atomic E-state index is 0.116. The first kappa shape index (κ1) is 17.5. The predicted octanol–water partition coefficient (Wildman–Crippen LogP) is 4.75. The third kappa shape index (κ3) is 2.78. The highest BCUT2D eigenvalue weighted by molar-refractivity contribution is 5.99. The molecule has 0 fully saturated rings. The highest BCUT2D eigenvalue weighted by Gasteiger charge is 2.43. The van der Waals surface area contributed by atoms with Crippen LogP contribution < -0.4 is 5.43 Å². The van der Waals surface area contributed by atoms with Crippen LogP contribution in [-0.2, 0) is 6.54 Å². The topological polar surface area (TPSA) is 63.7 Å². The van der Waals surface area contributed by atoms with Crippen molar-refractivity contribution in [3.63, 3.8) is 0 Å². The molecule has 1 aliphatic rings. The van der Waals surface area contributed by atoms with E-state index in [0.29, 0.717) is 22.3 Å². The molecule has 2 aromatic carbocycles. The van der Waals surface area contributed by atoms with Gasteiger partial charge in [-0.25, -0.2) is 0 Å². The summed E-state index contributed by atoms with van der Waals surface area (Å²) in [5.74, 6) is 0.462. The van der Waals surface area contributed by atoms with E-state index < -0.39 is 6.04 Å². The molecule has 0 radical (unpaired) electrons. The number of furan rings is 1. The average molecular weight is 385 g/mol. The van der Waals surface area contributed by atoms with Crippen LogP contribution in [0.25, 0.3) is 11.0 Å². The third-order valence-corrected chi connectivity index (χ3v) is 5.42. The number of nitrogens with zero attached hydrogens (tertiary/aromatic N) is 1. The van der Waals surface area contributed by atoms with E-state index in [1.807, 2.05) is 50.2 Å². The standard InChI is InChI=1S/C24H19NO4/c1-14-5-8-16(9-6-14)21-20-22(26)18-10-7-15(2)12-19(18)29-23(20)24(27)25(21)13-17-4-3-11-28-17/h3-12,21H,13H2,1-2H3. The van der Waals surface area contributed by atoms with Gasteiger partial charge >= 0.3 is 0 Å². The molecular weight excluding hydrogens is 366 g/mol. The fourth-order valence-electron chi connectivity index (χ4n) is 3.95. The van der Waals surface area contributed by atoms with E-state index in [2.05, 4.69) is 0 Å². The molecule has 1 amide bonds. The number of fused-ring (bicyclic) bond motifs is 2. The Hall–Kier alpha value is -3.60. The van der Waals surface area contributed by atoms with Crippen molar-refractivity contribution in [2.75, 3.05) is 0 Å². The molecule has 4 aromatic rings. The number of hydrogen-bond acceptors (Lipinski definition) is 4. The van der Waals surface area contributed by atoms with E-state index in [0.717, 1.165) is 16.7 Å². The van der Waals surface area contributed by atoms with E-state index >= 15 is 0 Å². The Morgan fingerprint density at radius 1 is 0.966 bits per heavy atom. The molecule has 5 heteroatoms. The first-order valence-electron chi connectivity index (χ1n) is 9.50. The number of amides is 1. The van der Waals surface area contributed by atoms with Crippen LogP contribution in [0.1, 0.15) is 44.6 Å². The van der Waals surface area contributed by atoms with Gasteiger partial charge in [0, 0.05) is 0 Å². The predicted molar refractivity (Wildman–Crippen MR) is 109 cm³/mol. The van der Waals surface area contributed by atoms with Crippen LogP contribution in [0.4, 0.5) is 0 Å². The van der Waals surface area contributed by atoms with E-state index in [1.165, 1.54) is 0 Å². The Labute approximate surface area is 167 Å². The molecule has 2 aromatic heterocycles. The molecule has 5 rings (SSSR count). The van der Waals surface area contributed by atoms with Gasteiger partial charge in [0.2, 0.25) is 5.76 Å². The Morgan fingerprint density at radius 3 is 2.45 bits per heavy atom. The highest BCUT2D eigenvalue weighted by Crippen LogP contribution is 2.39. The largest absolute Gasteiger partial charge is 0.467 e. The van der Waals surface area contributed by atoms with Crippen molar-refractivity contribution < 1.29 is 13.6 Å². The lowest BCUT2D eigenvalue weighted by Gasteiger charge is -2.24. The molecule has 29 heavy (non-hydrogen) atoms. The second-order valence-corrected chi connectivity index (χ2v) is 7.50. The molecule has 0 spiro atoms. The number of carbonyl (C=O) groups is 1. The summed E-state index contributed by atoms with van der Waals surface area (Å²) in [4.78, 5) is 28.4. The Balaban J connectivity index is 1.75. The van der Waals surface area contributed by atoms with Crippen LogP contribution in [0.2, 0.25) is 0 Å². The van der Waals surface area contributed by atoms with E-state index in [1.54, 1.807) is 29.4 Å². The first-order valence-corrected chi connectivity index (χ1v) is 9.50. The monoisotopic (exact) mass is 385 g/mol. The first-order chi connectivity index (χ1) is 14.0. The third-order valence-electron chi connectivity index (χ3n) is 5.42. The Kier molecular flexibility index (Phi) is 3.91. The minimum Gasteiger partial charge on any atom is -0.467 e. The average Bonchev–Trinajstić information content (AvgIpc) is 3.31. The Morgan fingerprint density at radius 2 is 1.72 bits per heavy atom. The van der Waals surface area contributed by atoms with Crippen LogP contribution in [-0.4, -0.2) is 10.8 Å². The lowest BCUT2D eigenvalue weighted by atomic mass is 9.97. The van der Waals surface area contributed by atoms with Crippen LogP contribution in [0.15, 0.2) is 74.5 Å². The number of aryl methyl sites for hydroxylation is 2. The van der Waals surface area contributed by atoms with E-state index in [9.17, 15) is 9.59 Å². The molecule has 0 bridgehead atoms. The van der Waals surface area contributed by atoms with Crippen molar-refractivity contribution in [1.29, 1.82) is 0 Å². The number of benzene rings is 2. The van der Waals surface area contributed by atoms with Crippen molar-refractivity contribution in [3.8, 4) is 0 Å². The maximum atomic E-state index is 13.4. The van der Waals surface area contributed by atoms with Crippen LogP contribution in [0, 0.1) is 13.8 Å². The lowest BCUT2D eigenvalue weighted by Crippen LogP contribution is -2.29. The molecule has 1 unspecified atom stereocenters. The zero-order valence-electron chi connectivity index (χ0n) is 16.1. The van der Waals surface area contributed by atoms with Gasteiger partial charge in [0.05, 0.1) is 29.8 Å². The van der Waals surface area contributed by atoms with Crippen molar-refractivity contribution in [2.45, 2.75) is 26.4 Å². The maximum absolute atomic E-state index is 13.4. The summed E-state index contributed by atoms with van der Waals surface area (Å²) >= 11 is 0. The fourth-order valence-corrected chi connectivity index (χ4v) is 3.95. The minimum atomic E-state index is -0.523. The SMILES string of the molecule is Cc1ccc(C2c3c(oc4cc(C)ccc4c3=O)C(=O)N2Cc2ccco2)cc1. The van der Waals surface area contributed by atoms with Gasteiger partial charge in [0.15, 0.2) is 5.43 Å². The van der Waals surface area contributed by atoms with Gasteiger partial charge in [-0.3, -0.25) is 9.59 Å². The van der Waals surface area contributed by atoms with Gasteiger partial charge in [-0.05, 0) is 49.2 Å². The van der Waals surface area contributed by atoms with Crippen LogP contribution in [0.3, 0.4) is 0 Å². The quantitative estimate of drug-likeness (QED) is 0.511. The summed E-state index contributed by atoms with van der Waals surface area (Å²) in [5, 5.41) is 0.485. The van der Waals surface area contributed by atoms with Crippen molar-refractivity contribution >= 4 is 16.9 Å². The van der Waals surface area contributed by atoms with Gasteiger partial charge in [0.25, 0.3) is 5.91 Å². The van der Waals surface area contributed by atoms with Gasteiger partial charge in [0.1, 0.15) is 11.3 Å². The van der Waals surface area contributed by atoms with Crippen molar-refractivity contribution in [2.24, 2.45) is 0 Å². The molecule has 5 nitrogen and oxygen atoms in total. The number of hydrogen-bond donors (Lipinski definition) is 0. The number of rotatable bonds is 3. The van der Waals surface area contributed by atoms with E-state index in [4.69, 9.17) is 8.83 Å². The number of carbonyl (C=O) groups excluding carboxylic acids is 1. The lowest BCUT2D eigenvalue weighted by molar-refractivity contribution is 0.0701. The molecule has 3 heterocycles. The zero-order chi connectivity index (χ0) is 20.1. The molecule has 144 valence electrons. The van der Waals surface area contributed by atoms with Gasteiger partial charge in [-0.15, -0.1) is 0 Å². The van der Waals surface area contributed by atoms with Crippen molar-refractivity contribution in [1.82, 2.24) is 4.90 Å². The molecule has 0 N–H and O–H groups in total. The van der Waals surface area contributed by atoms with Gasteiger partial charge in [-0.2, -0.15) is 0 Å². The molecule has 0 aliphatic carbocycles. The Bertz CT molecular complexity index is 1280. The zero-order valence-corrected chi connectivity index (χ0v) is 16.1. The van der Waals surface area contributed by atoms with Gasteiger partial charge < -0.3 is 13.7 Å². The summed E-state index contributed by atoms with van der Waals surface area (Å²) in [5.41, 5.74) is 3.60. The van der Waals surface area contributed by atoms with Gasteiger partial charge in [-0.1, -0.05) is 35.9 Å². The highest BCUT2D eigenvalue weighted by atomic mass is 16.3. The van der Waals surface area contributed by atoms with Crippen LogP contribution in [0.5, 0.6) is 0 Å². The molecule has 1 atom stereocenters. The molecule has 1 aliphatic heterocycles. The summed E-state index contributed by atoms with van der Waals surface area (Å²) in [6.45, 7) is 4.18. The van der Waals surface area contributed by atoms with Crippen molar-refractivity contribution in [3.05, 3.63) is 105 Å². The normalized spacial score (nSPS) is 15.9.